The second-order valence-corrected chi connectivity index (χ2v) is 2.24. The maximum atomic E-state index is 10.2. The predicted molar refractivity (Wildman–Crippen MR) is 35.3 cm³/mol. The summed E-state index contributed by atoms with van der Waals surface area (Å²) >= 11 is 0. The summed E-state index contributed by atoms with van der Waals surface area (Å²) in [6, 6.07) is 0. The lowest BCUT2D eigenvalue weighted by molar-refractivity contribution is -0.168. The minimum Gasteiger partial charge on any atom is -0.479 e. The van der Waals surface area contributed by atoms with Crippen molar-refractivity contribution in [2.45, 2.75) is 26.1 Å². The van der Waals surface area contributed by atoms with Gasteiger partial charge in [0.25, 0.3) is 6.10 Å². The van der Waals surface area contributed by atoms with Gasteiger partial charge in [0.1, 0.15) is 0 Å². The summed E-state index contributed by atoms with van der Waals surface area (Å²) in [6.07, 6.45) is -2.16. The summed E-state index contributed by atoms with van der Waals surface area (Å²) in [4.78, 5) is 20.3. The highest BCUT2D eigenvalue weighted by atomic mass is 16.5. The standard InChI is InChI=1S/C6H10O5/c1-3(2)11-4(5(7)8)6(9)10/h3-4H,1-2H3,(H,7,8)(H,9,10). The van der Waals surface area contributed by atoms with Gasteiger partial charge in [0.2, 0.25) is 0 Å². The second kappa shape index (κ2) is 3.92. The quantitative estimate of drug-likeness (QED) is 0.566. The Labute approximate surface area is 63.6 Å². The molecule has 0 radical (unpaired) electrons. The van der Waals surface area contributed by atoms with Crippen molar-refractivity contribution in [3.63, 3.8) is 0 Å². The zero-order valence-electron chi connectivity index (χ0n) is 6.27. The van der Waals surface area contributed by atoms with E-state index < -0.39 is 24.1 Å². The van der Waals surface area contributed by atoms with Crippen molar-refractivity contribution >= 4 is 11.9 Å². The Balaban J connectivity index is 4.12. The maximum absolute atomic E-state index is 10.2. The first-order chi connectivity index (χ1) is 4.95. The van der Waals surface area contributed by atoms with E-state index in [4.69, 9.17) is 10.2 Å². The fraction of sp³-hybridized carbons (Fsp3) is 0.667. The van der Waals surface area contributed by atoms with Crippen LogP contribution < -0.4 is 0 Å². The first-order valence-electron chi connectivity index (χ1n) is 3.06. The maximum Gasteiger partial charge on any atom is 0.344 e. The molecule has 0 fully saturated rings. The number of carboxylic acids is 2. The molecule has 0 unspecified atom stereocenters. The molecule has 0 aromatic carbocycles. The summed E-state index contributed by atoms with van der Waals surface area (Å²) in [5.74, 6) is -2.96. The van der Waals surface area contributed by atoms with Gasteiger partial charge in [-0.3, -0.25) is 0 Å². The van der Waals surface area contributed by atoms with Crippen LogP contribution in [0.4, 0.5) is 0 Å². The molecule has 11 heavy (non-hydrogen) atoms. The van der Waals surface area contributed by atoms with Crippen LogP contribution in [0.3, 0.4) is 0 Å². The van der Waals surface area contributed by atoms with Crippen molar-refractivity contribution in [3.8, 4) is 0 Å². The Kier molecular flexibility index (Phi) is 3.53. The third-order valence-electron chi connectivity index (χ3n) is 0.857. The number of hydrogen-bond acceptors (Lipinski definition) is 3. The van der Waals surface area contributed by atoms with Crippen molar-refractivity contribution < 1.29 is 24.5 Å². The molecule has 0 aliphatic rings. The molecular formula is C6H10O5. The summed E-state index contributed by atoms with van der Waals surface area (Å²) < 4.78 is 4.57. The number of carboxylic acid groups (broad SMARTS) is 2. The van der Waals surface area contributed by atoms with E-state index in [1.54, 1.807) is 13.8 Å². The van der Waals surface area contributed by atoms with Gasteiger partial charge < -0.3 is 14.9 Å². The molecule has 64 valence electrons. The van der Waals surface area contributed by atoms with Crippen LogP contribution in [-0.2, 0) is 14.3 Å². The van der Waals surface area contributed by atoms with Crippen molar-refractivity contribution in [2.24, 2.45) is 0 Å². The van der Waals surface area contributed by atoms with Crippen LogP contribution in [0.2, 0.25) is 0 Å². The third-order valence-corrected chi connectivity index (χ3v) is 0.857. The van der Waals surface area contributed by atoms with Crippen molar-refractivity contribution in [3.05, 3.63) is 0 Å². The minimum atomic E-state index is -1.75. The van der Waals surface area contributed by atoms with Crippen molar-refractivity contribution in [2.75, 3.05) is 0 Å². The average molecular weight is 162 g/mol. The lowest BCUT2D eigenvalue weighted by Gasteiger charge is -2.11. The summed E-state index contributed by atoms with van der Waals surface area (Å²) in [5.41, 5.74) is 0. The van der Waals surface area contributed by atoms with Gasteiger partial charge in [0, 0.05) is 0 Å². The van der Waals surface area contributed by atoms with E-state index in [1.165, 1.54) is 0 Å². The molecule has 0 amide bonds. The van der Waals surface area contributed by atoms with Gasteiger partial charge in [-0.05, 0) is 13.8 Å². The van der Waals surface area contributed by atoms with Crippen LogP contribution >= 0.6 is 0 Å². The van der Waals surface area contributed by atoms with Crippen molar-refractivity contribution in [1.82, 2.24) is 0 Å². The number of aliphatic carboxylic acids is 2. The molecule has 0 heterocycles. The molecule has 5 nitrogen and oxygen atoms in total. The fourth-order valence-corrected chi connectivity index (χ4v) is 0.494. The second-order valence-electron chi connectivity index (χ2n) is 2.24. The Hall–Kier alpha value is -1.10. The molecule has 5 heteroatoms. The monoisotopic (exact) mass is 162 g/mol. The Morgan fingerprint density at radius 2 is 1.55 bits per heavy atom. The molecule has 0 aliphatic heterocycles. The smallest absolute Gasteiger partial charge is 0.344 e. The molecule has 2 N–H and O–H groups in total. The summed E-state index contributed by atoms with van der Waals surface area (Å²) in [6.45, 7) is 3.14. The van der Waals surface area contributed by atoms with Gasteiger partial charge in [0.05, 0.1) is 6.10 Å². The highest BCUT2D eigenvalue weighted by molar-refractivity contribution is 5.96. The first kappa shape index (κ1) is 9.90. The topological polar surface area (TPSA) is 83.8 Å². The number of carbonyl (C=O) groups is 2. The molecule has 0 spiro atoms. The zero-order valence-corrected chi connectivity index (χ0v) is 6.27. The number of rotatable bonds is 4. The van der Waals surface area contributed by atoms with Gasteiger partial charge >= 0.3 is 11.9 Å². The Bertz CT molecular complexity index is 148. The molecule has 0 bridgehead atoms. The lowest BCUT2D eigenvalue weighted by atomic mass is 10.3. The molecule has 0 aromatic rings. The summed E-state index contributed by atoms with van der Waals surface area (Å²) in [5, 5.41) is 16.6. The fourth-order valence-electron chi connectivity index (χ4n) is 0.494. The van der Waals surface area contributed by atoms with Gasteiger partial charge in [-0.15, -0.1) is 0 Å². The van der Waals surface area contributed by atoms with Crippen LogP contribution in [0.15, 0.2) is 0 Å². The van der Waals surface area contributed by atoms with Crippen molar-refractivity contribution in [1.29, 1.82) is 0 Å². The van der Waals surface area contributed by atoms with E-state index in [0.717, 1.165) is 0 Å². The number of ether oxygens (including phenoxy) is 1. The average Bonchev–Trinajstić information content (AvgIpc) is 1.81. The van der Waals surface area contributed by atoms with E-state index in [0.29, 0.717) is 0 Å². The highest BCUT2D eigenvalue weighted by Gasteiger charge is 2.27. The number of hydrogen-bond donors (Lipinski definition) is 2. The van der Waals surface area contributed by atoms with Crippen LogP contribution in [-0.4, -0.2) is 34.4 Å². The first-order valence-corrected chi connectivity index (χ1v) is 3.06. The molecule has 0 atom stereocenters. The SMILES string of the molecule is CC(C)OC(C(=O)O)C(=O)O. The molecule has 0 saturated heterocycles. The van der Waals surface area contributed by atoms with E-state index in [9.17, 15) is 9.59 Å². The van der Waals surface area contributed by atoms with Crippen LogP contribution in [0.1, 0.15) is 13.8 Å². The van der Waals surface area contributed by atoms with Gasteiger partial charge in [0.15, 0.2) is 0 Å². The van der Waals surface area contributed by atoms with Crippen LogP contribution in [0.25, 0.3) is 0 Å². The van der Waals surface area contributed by atoms with E-state index in [1.807, 2.05) is 0 Å². The molecule has 0 aromatic heterocycles. The molecule has 0 saturated carbocycles. The Morgan fingerprint density at radius 1 is 1.18 bits per heavy atom. The minimum absolute atomic E-state index is 0.410. The van der Waals surface area contributed by atoms with E-state index in [-0.39, 0.29) is 0 Å². The van der Waals surface area contributed by atoms with E-state index >= 15 is 0 Å². The highest BCUT2D eigenvalue weighted by Crippen LogP contribution is 1.98. The molecule has 0 rings (SSSR count). The van der Waals surface area contributed by atoms with Gasteiger partial charge in [-0.2, -0.15) is 0 Å². The molecular weight excluding hydrogens is 152 g/mol. The van der Waals surface area contributed by atoms with Gasteiger partial charge in [-0.25, -0.2) is 9.59 Å². The third kappa shape index (κ3) is 3.57. The molecule has 0 aliphatic carbocycles. The zero-order chi connectivity index (χ0) is 9.02. The van der Waals surface area contributed by atoms with E-state index in [2.05, 4.69) is 4.74 Å². The predicted octanol–water partition coefficient (Wildman–Crippen LogP) is -0.0508. The normalized spacial score (nSPS) is 10.5. The Morgan fingerprint density at radius 3 is 1.64 bits per heavy atom. The van der Waals surface area contributed by atoms with Crippen LogP contribution in [0.5, 0.6) is 0 Å². The summed E-state index contributed by atoms with van der Waals surface area (Å²) in [7, 11) is 0. The largest absolute Gasteiger partial charge is 0.479 e. The lowest BCUT2D eigenvalue weighted by Crippen LogP contribution is -2.34. The van der Waals surface area contributed by atoms with Gasteiger partial charge in [-0.1, -0.05) is 0 Å². The van der Waals surface area contributed by atoms with Crippen LogP contribution in [0, 0.1) is 0 Å².